The molecule has 1 aromatic heterocycles. The number of rotatable bonds is 5. The second kappa shape index (κ2) is 8.58. The number of alkyl halides is 3. The molecule has 0 radical (unpaired) electrons. The monoisotopic (exact) mass is 469 g/mol. The highest BCUT2D eigenvalue weighted by Crippen LogP contribution is 2.35. The molecule has 2 heterocycles. The Morgan fingerprint density at radius 3 is 2.28 bits per heavy atom. The maximum Gasteiger partial charge on any atom is 0.416 e. The van der Waals surface area contributed by atoms with Gasteiger partial charge in [-0.1, -0.05) is 11.6 Å². The smallest absolute Gasteiger partial charge is 0.416 e. The van der Waals surface area contributed by atoms with Crippen LogP contribution in [0.3, 0.4) is 0 Å². The highest BCUT2D eigenvalue weighted by Gasteiger charge is 2.42. The van der Waals surface area contributed by atoms with Gasteiger partial charge in [-0.05, 0) is 38.1 Å². The maximum absolute atomic E-state index is 12.9. The first-order valence-electron chi connectivity index (χ1n) is 9.16. The van der Waals surface area contributed by atoms with Crippen LogP contribution < -0.4 is 5.32 Å². The van der Waals surface area contributed by atoms with Gasteiger partial charge >= 0.3 is 12.1 Å². The van der Waals surface area contributed by atoms with E-state index in [4.69, 9.17) is 16.3 Å². The van der Waals surface area contributed by atoms with E-state index in [1.54, 1.807) is 6.92 Å². The Morgan fingerprint density at radius 1 is 1.12 bits per heavy atom. The van der Waals surface area contributed by atoms with Gasteiger partial charge in [0.2, 0.25) is 0 Å². The van der Waals surface area contributed by atoms with Gasteiger partial charge < -0.3 is 10.1 Å². The normalized spacial score (nSPS) is 13.2. The van der Waals surface area contributed by atoms with Crippen molar-refractivity contribution in [2.45, 2.75) is 20.0 Å². The summed E-state index contributed by atoms with van der Waals surface area (Å²) < 4.78 is 43.0. The molecule has 2 aromatic rings. The first kappa shape index (κ1) is 23.2. The number of fused-ring (bicyclic) bond motifs is 1. The van der Waals surface area contributed by atoms with E-state index in [0.29, 0.717) is 4.90 Å². The second-order valence-electron chi connectivity index (χ2n) is 6.64. The third kappa shape index (κ3) is 4.28. The van der Waals surface area contributed by atoms with Gasteiger partial charge in [-0.15, -0.1) is 0 Å². The number of esters is 1. The van der Waals surface area contributed by atoms with E-state index in [1.165, 1.54) is 6.92 Å². The summed E-state index contributed by atoms with van der Waals surface area (Å²) in [5.41, 5.74) is -1.67. The summed E-state index contributed by atoms with van der Waals surface area (Å²) in [6.45, 7) is 2.35. The fourth-order valence-corrected chi connectivity index (χ4v) is 3.37. The number of aryl methyl sites for hydroxylation is 1. The Hall–Kier alpha value is -3.47. The molecule has 1 aromatic carbocycles. The second-order valence-corrected chi connectivity index (χ2v) is 7.00. The quantitative estimate of drug-likeness (QED) is 0.408. The summed E-state index contributed by atoms with van der Waals surface area (Å²) in [4.78, 5) is 54.5. The van der Waals surface area contributed by atoms with Crippen molar-refractivity contribution < 1.29 is 37.1 Å². The number of hydrogen-bond donors (Lipinski definition) is 1. The molecule has 3 amide bonds. The average molecular weight is 470 g/mol. The van der Waals surface area contributed by atoms with Crippen molar-refractivity contribution in [1.82, 2.24) is 9.88 Å². The highest BCUT2D eigenvalue weighted by atomic mass is 35.5. The molecule has 12 heteroatoms. The van der Waals surface area contributed by atoms with Crippen molar-refractivity contribution in [2.24, 2.45) is 0 Å². The number of hydrogen-bond acceptors (Lipinski definition) is 6. The molecule has 1 aliphatic rings. The predicted octanol–water partition coefficient (Wildman–Crippen LogP) is 3.47. The summed E-state index contributed by atoms with van der Waals surface area (Å²) in [5.74, 6) is -3.44. The van der Waals surface area contributed by atoms with E-state index < -0.39 is 42.0 Å². The third-order valence-corrected chi connectivity index (χ3v) is 4.83. The number of carbonyl (C=O) groups excluding carboxylic acids is 4. The van der Waals surface area contributed by atoms with Gasteiger partial charge in [0.05, 0.1) is 34.7 Å². The number of pyridine rings is 1. The van der Waals surface area contributed by atoms with Crippen LogP contribution in [0.5, 0.6) is 0 Å². The minimum Gasteiger partial charge on any atom is -0.465 e. The molecule has 0 bridgehead atoms. The molecular weight excluding hydrogens is 455 g/mol. The Kier molecular flexibility index (Phi) is 6.22. The molecule has 32 heavy (non-hydrogen) atoms. The minimum absolute atomic E-state index is 0.0395. The van der Waals surface area contributed by atoms with E-state index in [9.17, 15) is 32.3 Å². The average Bonchev–Trinajstić information content (AvgIpc) is 2.96. The molecule has 8 nitrogen and oxygen atoms in total. The topological polar surface area (TPSA) is 106 Å². The molecule has 1 N–H and O–H groups in total. The number of carbonyl (C=O) groups is 4. The zero-order chi connectivity index (χ0) is 23.8. The molecule has 0 atom stereocenters. The third-order valence-electron chi connectivity index (χ3n) is 4.56. The number of aromatic nitrogens is 1. The molecule has 0 saturated carbocycles. The largest absolute Gasteiger partial charge is 0.465 e. The Bertz CT molecular complexity index is 1130. The number of anilines is 1. The van der Waals surface area contributed by atoms with Gasteiger partial charge in [-0.2, -0.15) is 13.2 Å². The Labute approximate surface area is 184 Å². The van der Waals surface area contributed by atoms with Gasteiger partial charge in [0.1, 0.15) is 11.7 Å². The summed E-state index contributed by atoms with van der Waals surface area (Å²) in [7, 11) is 0. The van der Waals surface area contributed by atoms with Crippen molar-refractivity contribution in [2.75, 3.05) is 18.5 Å². The zero-order valence-corrected chi connectivity index (χ0v) is 17.4. The van der Waals surface area contributed by atoms with Crippen molar-refractivity contribution in [1.29, 1.82) is 0 Å². The van der Waals surface area contributed by atoms with E-state index in [1.807, 2.05) is 0 Å². The van der Waals surface area contributed by atoms with Gasteiger partial charge in [-0.25, -0.2) is 4.98 Å². The predicted molar refractivity (Wildman–Crippen MR) is 105 cm³/mol. The number of benzene rings is 1. The van der Waals surface area contributed by atoms with Gasteiger partial charge in [0, 0.05) is 5.56 Å². The van der Waals surface area contributed by atoms with Crippen molar-refractivity contribution in [3.8, 4) is 0 Å². The fraction of sp³-hybridized carbons (Fsp3) is 0.250. The van der Waals surface area contributed by atoms with Crippen LogP contribution in [0.4, 0.5) is 18.9 Å². The summed E-state index contributed by atoms with van der Waals surface area (Å²) in [5, 5.41) is 2.11. The number of nitrogens with zero attached hydrogens (tertiary/aromatic N) is 2. The van der Waals surface area contributed by atoms with Crippen LogP contribution in [0.1, 0.15) is 49.3 Å². The SMILES string of the molecule is CCOC(=O)CN1C(=O)c2c(Cl)nc(C)c(NC(=O)c3ccc(C(F)(F)F)cc3)c2C1=O. The number of halogens is 4. The molecule has 168 valence electrons. The summed E-state index contributed by atoms with van der Waals surface area (Å²) >= 11 is 6.04. The van der Waals surface area contributed by atoms with Gasteiger partial charge in [0.15, 0.2) is 0 Å². The van der Waals surface area contributed by atoms with Crippen molar-refractivity contribution in [3.05, 3.63) is 57.4 Å². The van der Waals surface area contributed by atoms with E-state index >= 15 is 0 Å². The van der Waals surface area contributed by atoms with Crippen LogP contribution in [0.25, 0.3) is 0 Å². The van der Waals surface area contributed by atoms with E-state index in [0.717, 1.165) is 24.3 Å². The number of amides is 3. The minimum atomic E-state index is -4.57. The van der Waals surface area contributed by atoms with Crippen LogP contribution in [0.15, 0.2) is 24.3 Å². The molecular formula is C20H15ClF3N3O5. The molecule has 3 rings (SSSR count). The molecule has 0 fully saturated rings. The lowest BCUT2D eigenvalue weighted by atomic mass is 10.1. The van der Waals surface area contributed by atoms with Gasteiger partial charge in [-0.3, -0.25) is 24.1 Å². The summed E-state index contributed by atoms with van der Waals surface area (Å²) in [6, 6.07) is 3.41. The van der Waals surface area contributed by atoms with E-state index in [-0.39, 0.29) is 39.8 Å². The molecule has 1 aliphatic heterocycles. The Morgan fingerprint density at radius 2 is 1.72 bits per heavy atom. The van der Waals surface area contributed by atoms with Crippen molar-refractivity contribution in [3.63, 3.8) is 0 Å². The first-order valence-corrected chi connectivity index (χ1v) is 9.54. The summed E-state index contributed by atoms with van der Waals surface area (Å²) in [6.07, 6.45) is -4.57. The van der Waals surface area contributed by atoms with Crippen LogP contribution in [0.2, 0.25) is 5.15 Å². The van der Waals surface area contributed by atoms with Crippen molar-refractivity contribution >= 4 is 41.0 Å². The van der Waals surface area contributed by atoms with Crippen LogP contribution in [-0.2, 0) is 15.7 Å². The number of imide groups is 1. The van der Waals surface area contributed by atoms with Gasteiger partial charge in [0.25, 0.3) is 17.7 Å². The standard InChI is InChI=1S/C20H15ClF3N3O5/c1-3-32-12(28)8-27-18(30)13-14(19(27)31)16(21)25-9(2)15(13)26-17(29)10-4-6-11(7-5-10)20(22,23)24/h4-7H,3,8H2,1-2H3,(H,26,29). The van der Waals surface area contributed by atoms with Crippen LogP contribution in [0, 0.1) is 6.92 Å². The van der Waals surface area contributed by atoms with Crippen LogP contribution in [-0.4, -0.2) is 46.7 Å². The number of ether oxygens (including phenoxy) is 1. The zero-order valence-electron chi connectivity index (χ0n) is 16.7. The highest BCUT2D eigenvalue weighted by molar-refractivity contribution is 6.37. The molecule has 0 aliphatic carbocycles. The Balaban J connectivity index is 1.95. The lowest BCUT2D eigenvalue weighted by Crippen LogP contribution is -2.35. The first-order chi connectivity index (χ1) is 15.0. The lowest BCUT2D eigenvalue weighted by Gasteiger charge is -2.14. The fourth-order valence-electron chi connectivity index (χ4n) is 3.07. The van der Waals surface area contributed by atoms with E-state index in [2.05, 4.69) is 10.3 Å². The maximum atomic E-state index is 12.9. The lowest BCUT2D eigenvalue weighted by molar-refractivity contribution is -0.143. The number of nitrogens with one attached hydrogen (secondary N) is 1. The molecule has 0 saturated heterocycles. The molecule has 0 unspecified atom stereocenters. The molecule has 0 spiro atoms. The van der Waals surface area contributed by atoms with Crippen LogP contribution >= 0.6 is 11.6 Å².